The predicted octanol–water partition coefficient (Wildman–Crippen LogP) is 1.25. The van der Waals surface area contributed by atoms with Gasteiger partial charge in [0, 0.05) is 0 Å². The minimum absolute atomic E-state index is 0.0959. The number of hydrogen-bond acceptors (Lipinski definition) is 4. The van der Waals surface area contributed by atoms with Gasteiger partial charge in [-0.3, -0.25) is 0 Å². The zero-order valence-corrected chi connectivity index (χ0v) is 10.4. The van der Waals surface area contributed by atoms with Gasteiger partial charge >= 0.3 is 0 Å². The Labute approximate surface area is 105 Å². The van der Waals surface area contributed by atoms with Crippen molar-refractivity contribution in [1.29, 1.82) is 0 Å². The summed E-state index contributed by atoms with van der Waals surface area (Å²) in [5.41, 5.74) is 0.552. The number of benzene rings is 1. The lowest BCUT2D eigenvalue weighted by atomic mass is 10.2. The highest BCUT2D eigenvalue weighted by molar-refractivity contribution is 7.89. The fourth-order valence-corrected chi connectivity index (χ4v) is 2.54. The number of rotatable bonds is 5. The van der Waals surface area contributed by atoms with Crippen LogP contribution in [0.15, 0.2) is 52.0 Å². The van der Waals surface area contributed by atoms with Gasteiger partial charge in [0.25, 0.3) is 0 Å². The molecule has 0 saturated carbocycles. The maximum Gasteiger partial charge on any atom is 0.240 e. The Morgan fingerprint density at radius 2 is 2.06 bits per heavy atom. The largest absolute Gasteiger partial charge is 0.468 e. The standard InChI is InChI=1S/C12H13NO4S/c14-9-10-3-1-5-12(7-10)18(15,16)13-8-11-4-2-6-17-11/h1-7,13-14H,8-9H2. The molecule has 0 aliphatic carbocycles. The van der Waals surface area contributed by atoms with Crippen LogP contribution in [0.5, 0.6) is 0 Å². The normalized spacial score (nSPS) is 11.6. The number of aliphatic hydroxyl groups excluding tert-OH is 1. The van der Waals surface area contributed by atoms with Gasteiger partial charge in [-0.2, -0.15) is 0 Å². The number of furan rings is 1. The minimum atomic E-state index is -3.59. The van der Waals surface area contributed by atoms with Crippen molar-refractivity contribution in [2.45, 2.75) is 18.0 Å². The van der Waals surface area contributed by atoms with Crippen LogP contribution in [-0.2, 0) is 23.2 Å². The molecule has 0 radical (unpaired) electrons. The van der Waals surface area contributed by atoms with Crippen molar-refractivity contribution in [2.75, 3.05) is 0 Å². The fraction of sp³-hybridized carbons (Fsp3) is 0.167. The van der Waals surface area contributed by atoms with Crippen molar-refractivity contribution in [3.63, 3.8) is 0 Å². The number of nitrogens with one attached hydrogen (secondary N) is 1. The summed E-state index contributed by atoms with van der Waals surface area (Å²) in [6.45, 7) is -0.0970. The molecule has 0 aliphatic rings. The molecule has 0 aliphatic heterocycles. The van der Waals surface area contributed by atoms with Crippen molar-refractivity contribution < 1.29 is 17.9 Å². The van der Waals surface area contributed by atoms with Gasteiger partial charge in [0.1, 0.15) is 5.76 Å². The highest BCUT2D eigenvalue weighted by atomic mass is 32.2. The van der Waals surface area contributed by atoms with E-state index < -0.39 is 10.0 Å². The molecule has 0 atom stereocenters. The van der Waals surface area contributed by atoms with Crippen LogP contribution in [0, 0.1) is 0 Å². The number of sulfonamides is 1. The molecule has 18 heavy (non-hydrogen) atoms. The second kappa shape index (κ2) is 5.34. The van der Waals surface area contributed by atoms with Crippen LogP contribution in [0.3, 0.4) is 0 Å². The van der Waals surface area contributed by atoms with Crippen LogP contribution in [-0.4, -0.2) is 13.5 Å². The van der Waals surface area contributed by atoms with Crippen molar-refractivity contribution in [3.8, 4) is 0 Å². The number of hydrogen-bond donors (Lipinski definition) is 2. The fourth-order valence-electron chi connectivity index (χ4n) is 1.47. The molecule has 2 rings (SSSR count). The summed E-state index contributed by atoms with van der Waals surface area (Å²) in [5.74, 6) is 0.539. The van der Waals surface area contributed by atoms with E-state index in [1.54, 1.807) is 24.3 Å². The summed E-state index contributed by atoms with van der Waals surface area (Å²) in [7, 11) is -3.59. The lowest BCUT2D eigenvalue weighted by molar-refractivity contribution is 0.281. The van der Waals surface area contributed by atoms with E-state index in [-0.39, 0.29) is 18.0 Å². The Kier molecular flexibility index (Phi) is 3.81. The van der Waals surface area contributed by atoms with Crippen molar-refractivity contribution in [2.24, 2.45) is 0 Å². The van der Waals surface area contributed by atoms with E-state index in [0.717, 1.165) is 0 Å². The van der Waals surface area contributed by atoms with Gasteiger partial charge in [-0.05, 0) is 29.8 Å². The first-order valence-corrected chi connectivity index (χ1v) is 6.82. The molecule has 1 aromatic carbocycles. The van der Waals surface area contributed by atoms with E-state index in [4.69, 9.17) is 9.52 Å². The Bertz CT molecular complexity index is 605. The molecule has 2 aromatic rings. The summed E-state index contributed by atoms with van der Waals surface area (Å²) < 4.78 is 31.4. The van der Waals surface area contributed by atoms with E-state index in [0.29, 0.717) is 11.3 Å². The predicted molar refractivity (Wildman–Crippen MR) is 65.1 cm³/mol. The molecule has 96 valence electrons. The van der Waals surface area contributed by atoms with E-state index in [9.17, 15) is 8.42 Å². The van der Waals surface area contributed by atoms with Crippen molar-refractivity contribution in [1.82, 2.24) is 4.72 Å². The zero-order valence-electron chi connectivity index (χ0n) is 9.54. The second-order valence-corrected chi connectivity index (χ2v) is 5.48. The van der Waals surface area contributed by atoms with Crippen LogP contribution in [0.4, 0.5) is 0 Å². The zero-order chi connectivity index (χ0) is 13.0. The van der Waals surface area contributed by atoms with Crippen LogP contribution < -0.4 is 4.72 Å². The minimum Gasteiger partial charge on any atom is -0.468 e. The number of aliphatic hydroxyl groups is 1. The van der Waals surface area contributed by atoms with Gasteiger partial charge in [-0.15, -0.1) is 0 Å². The first-order valence-electron chi connectivity index (χ1n) is 5.34. The first-order chi connectivity index (χ1) is 8.62. The van der Waals surface area contributed by atoms with Gasteiger partial charge < -0.3 is 9.52 Å². The molecular formula is C12H13NO4S. The SMILES string of the molecule is O=S(=O)(NCc1ccco1)c1cccc(CO)c1. The molecule has 1 heterocycles. The molecule has 6 heteroatoms. The van der Waals surface area contributed by atoms with Crippen molar-refractivity contribution in [3.05, 3.63) is 54.0 Å². The van der Waals surface area contributed by atoms with Crippen molar-refractivity contribution >= 4 is 10.0 Å². The van der Waals surface area contributed by atoms with Crippen LogP contribution in [0.25, 0.3) is 0 Å². The Hall–Kier alpha value is -1.63. The van der Waals surface area contributed by atoms with E-state index in [2.05, 4.69) is 4.72 Å². The molecule has 1 aromatic heterocycles. The lowest BCUT2D eigenvalue weighted by Crippen LogP contribution is -2.23. The Morgan fingerprint density at radius 1 is 1.22 bits per heavy atom. The molecule has 0 saturated heterocycles. The van der Waals surface area contributed by atoms with Gasteiger partial charge in [-0.1, -0.05) is 12.1 Å². The Balaban J connectivity index is 2.14. The second-order valence-electron chi connectivity index (χ2n) is 3.71. The van der Waals surface area contributed by atoms with Gasteiger partial charge in [0.05, 0.1) is 24.3 Å². The maximum atomic E-state index is 12.0. The molecule has 2 N–H and O–H groups in total. The van der Waals surface area contributed by atoms with E-state index in [1.165, 1.54) is 18.4 Å². The molecule has 0 fully saturated rings. The summed E-state index contributed by atoms with van der Waals surface area (Å²) in [6.07, 6.45) is 1.48. The van der Waals surface area contributed by atoms with Crippen LogP contribution in [0.1, 0.15) is 11.3 Å². The van der Waals surface area contributed by atoms with Crippen LogP contribution >= 0.6 is 0 Å². The summed E-state index contributed by atoms with van der Waals surface area (Å²) >= 11 is 0. The molecular weight excluding hydrogens is 254 g/mol. The third kappa shape index (κ3) is 2.98. The summed E-state index contributed by atoms with van der Waals surface area (Å²) in [6, 6.07) is 9.54. The quantitative estimate of drug-likeness (QED) is 0.854. The monoisotopic (exact) mass is 267 g/mol. The maximum absolute atomic E-state index is 12.0. The lowest BCUT2D eigenvalue weighted by Gasteiger charge is -2.06. The van der Waals surface area contributed by atoms with E-state index >= 15 is 0 Å². The van der Waals surface area contributed by atoms with Gasteiger partial charge in [0.2, 0.25) is 10.0 Å². The molecule has 0 spiro atoms. The van der Waals surface area contributed by atoms with Gasteiger partial charge in [-0.25, -0.2) is 13.1 Å². The van der Waals surface area contributed by atoms with E-state index in [1.807, 2.05) is 0 Å². The Morgan fingerprint density at radius 3 is 2.72 bits per heavy atom. The summed E-state index contributed by atoms with van der Waals surface area (Å²) in [5, 5.41) is 8.98. The highest BCUT2D eigenvalue weighted by Gasteiger charge is 2.14. The first kappa shape index (κ1) is 12.8. The average molecular weight is 267 g/mol. The molecule has 5 nitrogen and oxygen atoms in total. The highest BCUT2D eigenvalue weighted by Crippen LogP contribution is 2.12. The van der Waals surface area contributed by atoms with Crippen LogP contribution in [0.2, 0.25) is 0 Å². The molecule has 0 unspecified atom stereocenters. The average Bonchev–Trinajstić information content (AvgIpc) is 2.90. The third-order valence-corrected chi connectivity index (χ3v) is 3.81. The third-order valence-electron chi connectivity index (χ3n) is 2.41. The summed E-state index contributed by atoms with van der Waals surface area (Å²) in [4.78, 5) is 0.126. The molecule has 0 amide bonds. The smallest absolute Gasteiger partial charge is 0.240 e. The molecule has 0 bridgehead atoms. The topological polar surface area (TPSA) is 79.5 Å². The van der Waals surface area contributed by atoms with Gasteiger partial charge in [0.15, 0.2) is 0 Å².